The first-order valence-electron chi connectivity index (χ1n) is 4.68. The second kappa shape index (κ2) is 6.37. The number of aliphatic carboxylic acids is 2. The van der Waals surface area contributed by atoms with Crippen LogP contribution in [0.5, 0.6) is 0 Å². The predicted molar refractivity (Wildman–Crippen MR) is 51.2 cm³/mol. The first-order valence-corrected chi connectivity index (χ1v) is 4.68. The van der Waals surface area contributed by atoms with Crippen molar-refractivity contribution in [3.8, 4) is 0 Å². The quantitative estimate of drug-likeness (QED) is 0.626. The van der Waals surface area contributed by atoms with Crippen LogP contribution >= 0.6 is 0 Å². The van der Waals surface area contributed by atoms with E-state index < -0.39 is 11.9 Å². The molecular weight excluding hydrogens is 186 g/mol. The van der Waals surface area contributed by atoms with E-state index in [1.54, 1.807) is 13.8 Å². The van der Waals surface area contributed by atoms with Crippen LogP contribution in [-0.2, 0) is 9.59 Å². The molecule has 0 bridgehead atoms. The molecule has 0 amide bonds. The van der Waals surface area contributed by atoms with E-state index >= 15 is 0 Å². The zero-order valence-corrected chi connectivity index (χ0v) is 8.49. The zero-order valence-electron chi connectivity index (χ0n) is 8.49. The summed E-state index contributed by atoms with van der Waals surface area (Å²) < 4.78 is 0. The standard InChI is InChI=1S/C6H11NO2.C3H6O2/c1-4(6(8)9)7-5-2-3-5;1-2-3(4)5/h4-5,7H,2-3H2,1H3,(H,8,9);2H2,1H3,(H,4,5)/t4-;/m0./s1. The summed E-state index contributed by atoms with van der Waals surface area (Å²) in [6.45, 7) is 3.27. The lowest BCUT2D eigenvalue weighted by Gasteiger charge is -2.05. The fourth-order valence-electron chi connectivity index (χ4n) is 0.675. The van der Waals surface area contributed by atoms with Crippen LogP contribution in [0.2, 0.25) is 0 Å². The van der Waals surface area contributed by atoms with Gasteiger partial charge in [0, 0.05) is 12.5 Å². The van der Waals surface area contributed by atoms with Crippen LogP contribution in [0.25, 0.3) is 0 Å². The van der Waals surface area contributed by atoms with Gasteiger partial charge in [0.15, 0.2) is 0 Å². The lowest BCUT2D eigenvalue weighted by Crippen LogP contribution is -2.35. The predicted octanol–water partition coefficient (Wildman–Crippen LogP) is 0.692. The highest BCUT2D eigenvalue weighted by atomic mass is 16.4. The minimum absolute atomic E-state index is 0.222. The van der Waals surface area contributed by atoms with Crippen LogP contribution in [0.3, 0.4) is 0 Å². The molecule has 14 heavy (non-hydrogen) atoms. The Morgan fingerprint density at radius 2 is 1.86 bits per heavy atom. The van der Waals surface area contributed by atoms with E-state index in [9.17, 15) is 9.59 Å². The second-order valence-electron chi connectivity index (χ2n) is 3.25. The summed E-state index contributed by atoms with van der Waals surface area (Å²) in [4.78, 5) is 19.6. The van der Waals surface area contributed by atoms with E-state index in [4.69, 9.17) is 10.2 Å². The number of hydrogen-bond acceptors (Lipinski definition) is 3. The van der Waals surface area contributed by atoms with Gasteiger partial charge in [0.05, 0.1) is 0 Å². The summed E-state index contributed by atoms with van der Waals surface area (Å²) in [6, 6.07) is 0.105. The van der Waals surface area contributed by atoms with Crippen LogP contribution in [0.15, 0.2) is 0 Å². The van der Waals surface area contributed by atoms with Gasteiger partial charge in [-0.15, -0.1) is 0 Å². The van der Waals surface area contributed by atoms with Crippen LogP contribution in [0.1, 0.15) is 33.1 Å². The Labute approximate surface area is 83.1 Å². The van der Waals surface area contributed by atoms with Crippen molar-refractivity contribution in [3.63, 3.8) is 0 Å². The Hall–Kier alpha value is -1.10. The Bertz CT molecular complexity index is 201. The van der Waals surface area contributed by atoms with Gasteiger partial charge in [-0.3, -0.25) is 9.59 Å². The molecule has 82 valence electrons. The summed E-state index contributed by atoms with van der Waals surface area (Å²) in [7, 11) is 0. The van der Waals surface area contributed by atoms with Crippen molar-refractivity contribution in [2.24, 2.45) is 0 Å². The van der Waals surface area contributed by atoms with Gasteiger partial charge in [0.1, 0.15) is 6.04 Å². The van der Waals surface area contributed by atoms with E-state index in [0.717, 1.165) is 12.8 Å². The minimum atomic E-state index is -0.762. The van der Waals surface area contributed by atoms with Crippen LogP contribution in [0, 0.1) is 0 Å². The molecule has 1 rings (SSSR count). The average molecular weight is 203 g/mol. The molecule has 0 spiro atoms. The third-order valence-electron chi connectivity index (χ3n) is 1.74. The molecule has 5 heteroatoms. The van der Waals surface area contributed by atoms with Gasteiger partial charge in [-0.2, -0.15) is 0 Å². The summed E-state index contributed by atoms with van der Waals surface area (Å²) in [5.74, 6) is -1.51. The van der Waals surface area contributed by atoms with Crippen LogP contribution in [0.4, 0.5) is 0 Å². The van der Waals surface area contributed by atoms with Crippen molar-refractivity contribution in [2.45, 2.75) is 45.2 Å². The minimum Gasteiger partial charge on any atom is -0.481 e. The molecule has 0 aromatic rings. The Morgan fingerprint density at radius 3 is 2.07 bits per heavy atom. The van der Waals surface area contributed by atoms with Gasteiger partial charge >= 0.3 is 11.9 Å². The van der Waals surface area contributed by atoms with Gasteiger partial charge in [0.2, 0.25) is 0 Å². The molecule has 3 N–H and O–H groups in total. The zero-order chi connectivity index (χ0) is 11.1. The molecule has 1 aliphatic rings. The molecule has 0 radical (unpaired) electrons. The first-order chi connectivity index (χ1) is 6.47. The second-order valence-corrected chi connectivity index (χ2v) is 3.25. The summed E-state index contributed by atoms with van der Waals surface area (Å²) >= 11 is 0. The van der Waals surface area contributed by atoms with Gasteiger partial charge in [-0.1, -0.05) is 6.92 Å². The molecule has 0 aromatic carbocycles. The highest BCUT2D eigenvalue weighted by Gasteiger charge is 2.24. The molecule has 1 aliphatic carbocycles. The molecule has 0 heterocycles. The number of hydrogen-bond donors (Lipinski definition) is 3. The number of nitrogens with one attached hydrogen (secondary N) is 1. The first kappa shape index (κ1) is 12.9. The van der Waals surface area contributed by atoms with Crippen LogP contribution in [-0.4, -0.2) is 34.2 Å². The molecule has 0 aromatic heterocycles. The van der Waals surface area contributed by atoms with Crippen molar-refractivity contribution in [3.05, 3.63) is 0 Å². The van der Waals surface area contributed by atoms with Crippen LogP contribution < -0.4 is 5.32 Å². The lowest BCUT2D eigenvalue weighted by molar-refractivity contribution is -0.139. The Balaban J connectivity index is 0.000000292. The van der Waals surface area contributed by atoms with Crippen molar-refractivity contribution >= 4 is 11.9 Å². The van der Waals surface area contributed by atoms with Gasteiger partial charge in [0.25, 0.3) is 0 Å². The number of carbonyl (C=O) groups is 2. The average Bonchev–Trinajstić information content (AvgIpc) is 2.89. The summed E-state index contributed by atoms with van der Waals surface area (Å²) in [5, 5.41) is 19.1. The Morgan fingerprint density at radius 1 is 1.43 bits per heavy atom. The maximum Gasteiger partial charge on any atom is 0.320 e. The van der Waals surface area contributed by atoms with Crippen molar-refractivity contribution < 1.29 is 19.8 Å². The molecule has 0 aliphatic heterocycles. The largest absolute Gasteiger partial charge is 0.481 e. The third-order valence-corrected chi connectivity index (χ3v) is 1.74. The van der Waals surface area contributed by atoms with Gasteiger partial charge in [-0.25, -0.2) is 0 Å². The lowest BCUT2D eigenvalue weighted by atomic mass is 10.3. The van der Waals surface area contributed by atoms with Crippen molar-refractivity contribution in [1.29, 1.82) is 0 Å². The number of rotatable bonds is 4. The van der Waals surface area contributed by atoms with E-state index in [1.807, 2.05) is 0 Å². The SMILES string of the molecule is CCC(=O)O.C[C@H](NC1CC1)C(=O)O. The fraction of sp³-hybridized carbons (Fsp3) is 0.778. The molecular formula is C9H17NO4. The Kier molecular flexibility index (Phi) is 5.87. The van der Waals surface area contributed by atoms with E-state index in [0.29, 0.717) is 6.04 Å². The van der Waals surface area contributed by atoms with Crippen molar-refractivity contribution in [2.75, 3.05) is 0 Å². The number of carboxylic acid groups (broad SMARTS) is 2. The maximum absolute atomic E-state index is 10.2. The van der Waals surface area contributed by atoms with Gasteiger partial charge < -0.3 is 15.5 Å². The molecule has 1 atom stereocenters. The smallest absolute Gasteiger partial charge is 0.320 e. The highest BCUT2D eigenvalue weighted by molar-refractivity contribution is 5.72. The maximum atomic E-state index is 10.2. The topological polar surface area (TPSA) is 86.6 Å². The van der Waals surface area contributed by atoms with Gasteiger partial charge in [-0.05, 0) is 19.8 Å². The monoisotopic (exact) mass is 203 g/mol. The third kappa shape index (κ3) is 7.54. The van der Waals surface area contributed by atoms with Crippen molar-refractivity contribution in [1.82, 2.24) is 5.32 Å². The highest BCUT2D eigenvalue weighted by Crippen LogP contribution is 2.19. The molecule has 1 fully saturated rings. The molecule has 0 saturated heterocycles. The van der Waals surface area contributed by atoms with E-state index in [1.165, 1.54) is 0 Å². The summed E-state index contributed by atoms with van der Waals surface area (Å²) in [5.41, 5.74) is 0. The van der Waals surface area contributed by atoms with E-state index in [-0.39, 0.29) is 12.5 Å². The van der Waals surface area contributed by atoms with E-state index in [2.05, 4.69) is 5.32 Å². The fourth-order valence-corrected chi connectivity index (χ4v) is 0.675. The molecule has 5 nitrogen and oxygen atoms in total. The molecule has 1 saturated carbocycles. The summed E-state index contributed by atoms with van der Waals surface area (Å²) in [6.07, 6.45) is 2.50. The number of carboxylic acids is 2. The normalized spacial score (nSPS) is 16.4. The molecule has 0 unspecified atom stereocenters.